The molecule has 0 bridgehead atoms. The van der Waals surface area contributed by atoms with Gasteiger partial charge in [0.15, 0.2) is 0 Å². The molecule has 0 aliphatic heterocycles. The minimum Gasteiger partial charge on any atom is -0.353 e. The van der Waals surface area contributed by atoms with Crippen molar-refractivity contribution in [3.05, 3.63) is 24.0 Å². The summed E-state index contributed by atoms with van der Waals surface area (Å²) in [6, 6.07) is 6.16. The second-order valence-electron chi connectivity index (χ2n) is 5.05. The van der Waals surface area contributed by atoms with Crippen LogP contribution in [0.5, 0.6) is 0 Å². The Morgan fingerprint density at radius 2 is 2.22 bits per heavy atom. The monoisotopic (exact) mass is 245 g/mol. The Bertz CT molecular complexity index is 464. The third-order valence-electron chi connectivity index (χ3n) is 3.84. The molecule has 1 aromatic rings. The maximum atomic E-state index is 12.2. The van der Waals surface area contributed by atoms with Crippen LogP contribution in [-0.4, -0.2) is 10.5 Å². The molecule has 0 atom stereocenters. The molecule has 1 aliphatic rings. The van der Waals surface area contributed by atoms with Gasteiger partial charge in [0.25, 0.3) is 0 Å². The first-order chi connectivity index (χ1) is 8.68. The van der Waals surface area contributed by atoms with Crippen LogP contribution in [0.4, 0.5) is 0 Å². The molecule has 1 aliphatic carbocycles. The van der Waals surface area contributed by atoms with Crippen LogP contribution in [0.15, 0.2) is 18.3 Å². The molecular weight excluding hydrogens is 226 g/mol. The van der Waals surface area contributed by atoms with Crippen molar-refractivity contribution in [1.82, 2.24) is 9.88 Å². The Morgan fingerprint density at radius 3 is 2.78 bits per heavy atom. The predicted octanol–water partition coefficient (Wildman–Crippen LogP) is 2.12. The Balaban J connectivity index is 1.99. The lowest BCUT2D eigenvalue weighted by atomic mass is 9.74. The molecule has 1 aromatic heterocycles. The molecule has 1 amide bonds. The largest absolute Gasteiger partial charge is 0.353 e. The van der Waals surface area contributed by atoms with Gasteiger partial charge in [0, 0.05) is 18.9 Å². The van der Waals surface area contributed by atoms with E-state index in [1.807, 2.05) is 29.9 Å². The number of aryl methyl sites for hydroxylation is 1. The molecule has 0 aromatic carbocycles. The van der Waals surface area contributed by atoms with Crippen LogP contribution >= 0.6 is 0 Å². The first-order valence-corrected chi connectivity index (χ1v) is 6.48. The van der Waals surface area contributed by atoms with E-state index in [-0.39, 0.29) is 5.91 Å². The van der Waals surface area contributed by atoms with Crippen molar-refractivity contribution in [2.75, 3.05) is 0 Å². The zero-order chi connectivity index (χ0) is 13.0. The number of hydrogen-bond donors (Lipinski definition) is 1. The van der Waals surface area contributed by atoms with E-state index in [1.165, 1.54) is 0 Å². The van der Waals surface area contributed by atoms with Crippen LogP contribution < -0.4 is 5.32 Å². The predicted molar refractivity (Wildman–Crippen MR) is 68.4 cm³/mol. The molecule has 1 fully saturated rings. The van der Waals surface area contributed by atoms with E-state index < -0.39 is 5.41 Å². The summed E-state index contributed by atoms with van der Waals surface area (Å²) >= 11 is 0. The third kappa shape index (κ3) is 2.40. The van der Waals surface area contributed by atoms with E-state index in [0.717, 1.165) is 25.0 Å². The molecule has 0 radical (unpaired) electrons. The summed E-state index contributed by atoms with van der Waals surface area (Å²) in [7, 11) is 1.95. The second kappa shape index (κ2) is 5.26. The molecular formula is C14H19N3O. The van der Waals surface area contributed by atoms with Crippen molar-refractivity contribution >= 4 is 5.91 Å². The first kappa shape index (κ1) is 12.7. The molecule has 0 saturated heterocycles. The zero-order valence-electron chi connectivity index (χ0n) is 10.8. The van der Waals surface area contributed by atoms with Gasteiger partial charge < -0.3 is 9.88 Å². The average Bonchev–Trinajstić information content (AvgIpc) is 2.82. The summed E-state index contributed by atoms with van der Waals surface area (Å²) < 4.78 is 1.97. The minimum atomic E-state index is -0.788. The van der Waals surface area contributed by atoms with Gasteiger partial charge >= 0.3 is 0 Å². The lowest BCUT2D eigenvalue weighted by Gasteiger charge is -2.29. The van der Waals surface area contributed by atoms with Gasteiger partial charge in [-0.25, -0.2) is 0 Å². The molecule has 4 nitrogen and oxygen atoms in total. The van der Waals surface area contributed by atoms with Gasteiger partial charge in [0.1, 0.15) is 5.41 Å². The summed E-state index contributed by atoms with van der Waals surface area (Å²) in [4.78, 5) is 12.2. The molecule has 1 heterocycles. The van der Waals surface area contributed by atoms with E-state index in [2.05, 4.69) is 11.4 Å². The van der Waals surface area contributed by atoms with Gasteiger partial charge in [-0.3, -0.25) is 4.79 Å². The number of aromatic nitrogens is 1. The highest BCUT2D eigenvalue weighted by molar-refractivity contribution is 5.85. The molecule has 1 saturated carbocycles. The Labute approximate surface area is 108 Å². The summed E-state index contributed by atoms with van der Waals surface area (Å²) in [5.41, 5.74) is 0.260. The highest BCUT2D eigenvalue weighted by Gasteiger charge is 2.39. The van der Waals surface area contributed by atoms with E-state index in [4.69, 9.17) is 0 Å². The maximum absolute atomic E-state index is 12.2. The highest BCUT2D eigenvalue weighted by atomic mass is 16.2. The van der Waals surface area contributed by atoms with Crippen molar-refractivity contribution in [3.63, 3.8) is 0 Å². The molecule has 1 N–H and O–H groups in total. The van der Waals surface area contributed by atoms with Gasteiger partial charge in [-0.05, 0) is 25.0 Å². The van der Waals surface area contributed by atoms with Crippen LogP contribution in [0.1, 0.15) is 37.8 Å². The van der Waals surface area contributed by atoms with E-state index in [1.54, 1.807) is 0 Å². The van der Waals surface area contributed by atoms with Crippen LogP contribution in [0.2, 0.25) is 0 Å². The lowest BCUT2D eigenvalue weighted by Crippen LogP contribution is -2.41. The molecule has 2 rings (SSSR count). The maximum Gasteiger partial charge on any atom is 0.240 e. The number of nitrogens with one attached hydrogen (secondary N) is 1. The second-order valence-corrected chi connectivity index (χ2v) is 5.05. The number of nitriles is 1. The van der Waals surface area contributed by atoms with Gasteiger partial charge in [0.05, 0.1) is 12.6 Å². The summed E-state index contributed by atoms with van der Waals surface area (Å²) in [6.45, 7) is 0.492. The number of amides is 1. The SMILES string of the molecule is Cn1cccc1CNC(=O)C1(C#N)CCCCC1. The number of carbonyl (C=O) groups excluding carboxylic acids is 1. The first-order valence-electron chi connectivity index (χ1n) is 6.48. The van der Waals surface area contributed by atoms with Crippen LogP contribution in [-0.2, 0) is 18.4 Å². The van der Waals surface area contributed by atoms with E-state index in [0.29, 0.717) is 19.4 Å². The molecule has 4 heteroatoms. The van der Waals surface area contributed by atoms with Crippen LogP contribution in [0.25, 0.3) is 0 Å². The van der Waals surface area contributed by atoms with Crippen molar-refractivity contribution in [1.29, 1.82) is 5.26 Å². The number of carbonyl (C=O) groups is 1. The normalized spacial score (nSPS) is 18.0. The molecule has 0 spiro atoms. The van der Waals surface area contributed by atoms with E-state index in [9.17, 15) is 10.1 Å². The zero-order valence-corrected chi connectivity index (χ0v) is 10.8. The molecule has 18 heavy (non-hydrogen) atoms. The van der Waals surface area contributed by atoms with Crippen LogP contribution in [0, 0.1) is 16.7 Å². The Morgan fingerprint density at radius 1 is 1.50 bits per heavy atom. The van der Waals surface area contributed by atoms with Crippen molar-refractivity contribution in [2.24, 2.45) is 12.5 Å². The van der Waals surface area contributed by atoms with Crippen molar-refractivity contribution < 1.29 is 4.79 Å². The smallest absolute Gasteiger partial charge is 0.240 e. The fourth-order valence-electron chi connectivity index (χ4n) is 2.57. The van der Waals surface area contributed by atoms with Gasteiger partial charge in [0.2, 0.25) is 5.91 Å². The third-order valence-corrected chi connectivity index (χ3v) is 3.84. The molecule has 0 unspecified atom stereocenters. The van der Waals surface area contributed by atoms with Crippen molar-refractivity contribution in [3.8, 4) is 6.07 Å². The van der Waals surface area contributed by atoms with Gasteiger partial charge in [-0.15, -0.1) is 0 Å². The number of nitrogens with zero attached hydrogens (tertiary/aromatic N) is 2. The average molecular weight is 245 g/mol. The summed E-state index contributed by atoms with van der Waals surface area (Å²) in [6.07, 6.45) is 6.43. The fraction of sp³-hybridized carbons (Fsp3) is 0.571. The Hall–Kier alpha value is -1.76. The number of rotatable bonds is 3. The number of hydrogen-bond acceptors (Lipinski definition) is 2. The van der Waals surface area contributed by atoms with Crippen LogP contribution in [0.3, 0.4) is 0 Å². The Kier molecular flexibility index (Phi) is 3.71. The van der Waals surface area contributed by atoms with Gasteiger partial charge in [-0.1, -0.05) is 19.3 Å². The van der Waals surface area contributed by atoms with Crippen molar-refractivity contribution in [2.45, 2.75) is 38.6 Å². The summed E-state index contributed by atoms with van der Waals surface area (Å²) in [5, 5.41) is 12.2. The standard InChI is InChI=1S/C14H19N3O/c1-17-9-5-6-12(17)10-16-13(18)14(11-15)7-3-2-4-8-14/h5-6,9H,2-4,7-8,10H2,1H3,(H,16,18). The highest BCUT2D eigenvalue weighted by Crippen LogP contribution is 2.35. The quantitative estimate of drug-likeness (QED) is 0.886. The van der Waals surface area contributed by atoms with E-state index >= 15 is 0 Å². The topological polar surface area (TPSA) is 57.8 Å². The summed E-state index contributed by atoms with van der Waals surface area (Å²) in [5.74, 6) is -0.106. The lowest BCUT2D eigenvalue weighted by molar-refractivity contribution is -0.129. The molecule has 96 valence electrons. The fourth-order valence-corrected chi connectivity index (χ4v) is 2.57. The minimum absolute atomic E-state index is 0.106. The van der Waals surface area contributed by atoms with Gasteiger partial charge in [-0.2, -0.15) is 5.26 Å².